The Morgan fingerprint density at radius 2 is 1.95 bits per heavy atom. The molecule has 0 radical (unpaired) electrons. The van der Waals surface area contributed by atoms with Gasteiger partial charge in [0.1, 0.15) is 0 Å². The molecule has 6 heteroatoms. The van der Waals surface area contributed by atoms with E-state index in [4.69, 9.17) is 27.7 Å². The fourth-order valence-corrected chi connectivity index (χ4v) is 2.77. The Bertz CT molecular complexity index is 559. The van der Waals surface area contributed by atoms with Crippen LogP contribution in [0.25, 0.3) is 11.5 Å². The number of nitrogens with one attached hydrogen (secondary N) is 1. The lowest BCUT2D eigenvalue weighted by Gasteiger charge is -2.19. The summed E-state index contributed by atoms with van der Waals surface area (Å²) < 4.78 is 5.30. The van der Waals surface area contributed by atoms with E-state index in [2.05, 4.69) is 15.5 Å². The Balaban J connectivity index is 1.87. The van der Waals surface area contributed by atoms with Crippen LogP contribution in [0, 0.1) is 0 Å². The van der Waals surface area contributed by atoms with Crippen LogP contribution in [0.15, 0.2) is 22.7 Å². The van der Waals surface area contributed by atoms with E-state index in [1.807, 2.05) is 0 Å². The number of benzene rings is 1. The molecule has 4 nitrogen and oxygen atoms in total. The van der Waals surface area contributed by atoms with Crippen LogP contribution in [0.3, 0.4) is 0 Å². The lowest BCUT2D eigenvalue weighted by Crippen LogP contribution is -2.27. The van der Waals surface area contributed by atoms with E-state index in [0.717, 1.165) is 18.5 Å². The molecule has 1 atom stereocenters. The van der Waals surface area contributed by atoms with Crippen molar-refractivity contribution in [1.82, 2.24) is 15.5 Å². The highest BCUT2D eigenvalue weighted by Crippen LogP contribution is 2.28. The maximum atomic E-state index is 5.97. The van der Waals surface area contributed by atoms with Crippen LogP contribution in [0.2, 0.25) is 10.0 Å². The second-order valence-electron chi connectivity index (χ2n) is 4.62. The summed E-state index contributed by atoms with van der Waals surface area (Å²) >= 11 is 11.9. The number of piperidine rings is 1. The van der Waals surface area contributed by atoms with Crippen molar-refractivity contribution in [1.29, 1.82) is 0 Å². The zero-order valence-electron chi connectivity index (χ0n) is 10.2. The van der Waals surface area contributed by atoms with Crippen LogP contribution in [0.1, 0.15) is 31.1 Å². The SMILES string of the molecule is Clc1cc(Cl)cc(-c2nc(C3CCCCN3)no2)c1. The highest BCUT2D eigenvalue weighted by atomic mass is 35.5. The largest absolute Gasteiger partial charge is 0.334 e. The molecular weight excluding hydrogens is 285 g/mol. The number of hydrogen-bond donors (Lipinski definition) is 1. The maximum Gasteiger partial charge on any atom is 0.258 e. The van der Waals surface area contributed by atoms with Gasteiger partial charge < -0.3 is 9.84 Å². The first-order valence-electron chi connectivity index (χ1n) is 6.26. The van der Waals surface area contributed by atoms with Crippen molar-refractivity contribution in [2.24, 2.45) is 0 Å². The second kappa shape index (κ2) is 5.49. The molecule has 2 heterocycles. The molecule has 1 N–H and O–H groups in total. The van der Waals surface area contributed by atoms with Crippen LogP contribution in [0.4, 0.5) is 0 Å². The van der Waals surface area contributed by atoms with Gasteiger partial charge >= 0.3 is 0 Å². The molecule has 1 saturated heterocycles. The lowest BCUT2D eigenvalue weighted by molar-refractivity contribution is 0.367. The van der Waals surface area contributed by atoms with Crippen molar-refractivity contribution in [2.45, 2.75) is 25.3 Å². The number of nitrogens with zero attached hydrogens (tertiary/aromatic N) is 2. The van der Waals surface area contributed by atoms with E-state index in [1.165, 1.54) is 12.8 Å². The van der Waals surface area contributed by atoms with Gasteiger partial charge in [-0.2, -0.15) is 4.98 Å². The van der Waals surface area contributed by atoms with E-state index < -0.39 is 0 Å². The Morgan fingerprint density at radius 1 is 1.16 bits per heavy atom. The Hall–Kier alpha value is -1.10. The van der Waals surface area contributed by atoms with E-state index >= 15 is 0 Å². The summed E-state index contributed by atoms with van der Waals surface area (Å²) in [7, 11) is 0. The third-order valence-electron chi connectivity index (χ3n) is 3.17. The predicted octanol–water partition coefficient (Wildman–Crippen LogP) is 3.86. The Morgan fingerprint density at radius 3 is 2.63 bits per heavy atom. The summed E-state index contributed by atoms with van der Waals surface area (Å²) in [4.78, 5) is 4.43. The van der Waals surface area contributed by atoms with Crippen molar-refractivity contribution in [3.8, 4) is 11.5 Å². The van der Waals surface area contributed by atoms with Crippen LogP contribution in [-0.4, -0.2) is 16.7 Å². The molecule has 100 valence electrons. The van der Waals surface area contributed by atoms with E-state index in [9.17, 15) is 0 Å². The molecule has 1 aliphatic heterocycles. The van der Waals surface area contributed by atoms with Crippen molar-refractivity contribution in [3.63, 3.8) is 0 Å². The fraction of sp³-hybridized carbons (Fsp3) is 0.385. The van der Waals surface area contributed by atoms with Gasteiger partial charge in [0, 0.05) is 15.6 Å². The predicted molar refractivity (Wildman–Crippen MR) is 74.3 cm³/mol. The van der Waals surface area contributed by atoms with Crippen LogP contribution in [-0.2, 0) is 0 Å². The molecule has 0 aliphatic carbocycles. The van der Waals surface area contributed by atoms with Gasteiger partial charge in [-0.15, -0.1) is 0 Å². The average Bonchev–Trinajstić information content (AvgIpc) is 2.88. The van der Waals surface area contributed by atoms with Gasteiger partial charge in [-0.1, -0.05) is 34.8 Å². The van der Waals surface area contributed by atoms with Gasteiger partial charge in [0.2, 0.25) is 0 Å². The third-order valence-corrected chi connectivity index (χ3v) is 3.61. The van der Waals surface area contributed by atoms with Gasteiger partial charge in [-0.05, 0) is 37.6 Å². The Labute approximate surface area is 121 Å². The molecule has 0 saturated carbocycles. The maximum absolute atomic E-state index is 5.97. The molecule has 1 aliphatic rings. The molecule has 19 heavy (non-hydrogen) atoms. The number of hydrogen-bond acceptors (Lipinski definition) is 4. The molecule has 1 unspecified atom stereocenters. The van der Waals surface area contributed by atoms with Crippen molar-refractivity contribution >= 4 is 23.2 Å². The van der Waals surface area contributed by atoms with Gasteiger partial charge in [0.05, 0.1) is 6.04 Å². The number of rotatable bonds is 2. The van der Waals surface area contributed by atoms with Crippen molar-refractivity contribution in [2.75, 3.05) is 6.54 Å². The summed E-state index contributed by atoms with van der Waals surface area (Å²) in [6.45, 7) is 0.998. The quantitative estimate of drug-likeness (QED) is 0.914. The van der Waals surface area contributed by atoms with Crippen molar-refractivity contribution < 1.29 is 4.52 Å². The number of halogens is 2. The summed E-state index contributed by atoms with van der Waals surface area (Å²) in [6, 6.07) is 5.38. The summed E-state index contributed by atoms with van der Waals surface area (Å²) in [5, 5.41) is 8.53. The first-order valence-corrected chi connectivity index (χ1v) is 7.01. The zero-order chi connectivity index (χ0) is 13.2. The monoisotopic (exact) mass is 297 g/mol. The molecule has 0 spiro atoms. The van der Waals surface area contributed by atoms with Crippen LogP contribution < -0.4 is 5.32 Å². The minimum absolute atomic E-state index is 0.181. The average molecular weight is 298 g/mol. The first-order chi connectivity index (χ1) is 9.22. The smallest absolute Gasteiger partial charge is 0.258 e. The van der Waals surface area contributed by atoms with Crippen LogP contribution >= 0.6 is 23.2 Å². The van der Waals surface area contributed by atoms with Gasteiger partial charge in [-0.3, -0.25) is 0 Å². The van der Waals surface area contributed by atoms with Gasteiger partial charge in [0.25, 0.3) is 5.89 Å². The highest BCUT2D eigenvalue weighted by molar-refractivity contribution is 6.35. The molecule has 0 bridgehead atoms. The molecular formula is C13H13Cl2N3O. The summed E-state index contributed by atoms with van der Waals surface area (Å²) in [5.41, 5.74) is 0.743. The summed E-state index contributed by atoms with van der Waals surface area (Å²) in [5.74, 6) is 1.15. The second-order valence-corrected chi connectivity index (χ2v) is 5.49. The Kier molecular flexibility index (Phi) is 3.73. The fourth-order valence-electron chi connectivity index (χ4n) is 2.24. The molecule has 1 aromatic carbocycles. The summed E-state index contributed by atoms with van der Waals surface area (Å²) in [6.07, 6.45) is 3.42. The minimum atomic E-state index is 0.181. The molecule has 3 rings (SSSR count). The lowest BCUT2D eigenvalue weighted by atomic mass is 10.0. The minimum Gasteiger partial charge on any atom is -0.334 e. The topological polar surface area (TPSA) is 51.0 Å². The van der Waals surface area contributed by atoms with E-state index in [1.54, 1.807) is 18.2 Å². The third kappa shape index (κ3) is 2.91. The highest BCUT2D eigenvalue weighted by Gasteiger charge is 2.21. The first kappa shape index (κ1) is 12.9. The zero-order valence-corrected chi connectivity index (χ0v) is 11.7. The molecule has 1 fully saturated rings. The normalized spacial score (nSPS) is 19.6. The standard InChI is InChI=1S/C13H13Cl2N3O/c14-9-5-8(6-10(15)7-9)13-17-12(18-19-13)11-3-1-2-4-16-11/h5-7,11,16H,1-4H2. The molecule has 1 aromatic heterocycles. The van der Waals surface area contributed by atoms with Gasteiger partial charge in [0.15, 0.2) is 5.82 Å². The molecule has 0 amide bonds. The van der Waals surface area contributed by atoms with Gasteiger partial charge in [-0.25, -0.2) is 0 Å². The van der Waals surface area contributed by atoms with E-state index in [-0.39, 0.29) is 6.04 Å². The number of aromatic nitrogens is 2. The van der Waals surface area contributed by atoms with Crippen LogP contribution in [0.5, 0.6) is 0 Å². The molecule has 2 aromatic rings. The van der Waals surface area contributed by atoms with Crippen molar-refractivity contribution in [3.05, 3.63) is 34.1 Å². The van der Waals surface area contributed by atoms with E-state index in [0.29, 0.717) is 21.8 Å².